The van der Waals surface area contributed by atoms with Crippen LogP contribution in [-0.2, 0) is 21.7 Å². The Hall–Kier alpha value is -5.08. The van der Waals surface area contributed by atoms with Crippen molar-refractivity contribution in [2.45, 2.75) is 12.1 Å². The summed E-state index contributed by atoms with van der Waals surface area (Å²) in [6.07, 6.45) is 3.23. The Morgan fingerprint density at radius 3 is 2.08 bits per heavy atom. The number of nitrogens with one attached hydrogen (secondary N) is 2. The molecule has 0 fully saturated rings. The van der Waals surface area contributed by atoms with Gasteiger partial charge in [0.15, 0.2) is 5.60 Å². The lowest BCUT2D eigenvalue weighted by Crippen LogP contribution is -2.43. The van der Waals surface area contributed by atoms with Crippen LogP contribution in [0.25, 0.3) is 10.9 Å². The van der Waals surface area contributed by atoms with Crippen LogP contribution >= 0.6 is 0 Å². The zero-order valence-corrected chi connectivity index (χ0v) is 20.8. The van der Waals surface area contributed by atoms with Crippen LogP contribution in [0.3, 0.4) is 0 Å². The van der Waals surface area contributed by atoms with Gasteiger partial charge in [-0.1, -0.05) is 78.9 Å². The SMILES string of the molecule is O=C(Cn1cc(/C=N/NC(=O)C(O)(c2ccccc2)c2ccccc2)c2ccccc21)Nc1ccc(F)cc1. The van der Waals surface area contributed by atoms with Crippen molar-refractivity contribution in [2.75, 3.05) is 5.32 Å². The van der Waals surface area contributed by atoms with Gasteiger partial charge < -0.3 is 15.0 Å². The highest BCUT2D eigenvalue weighted by atomic mass is 19.1. The van der Waals surface area contributed by atoms with Gasteiger partial charge in [-0.25, -0.2) is 9.82 Å². The lowest BCUT2D eigenvalue weighted by molar-refractivity contribution is -0.136. The third kappa shape index (κ3) is 5.46. The van der Waals surface area contributed by atoms with Gasteiger partial charge in [-0.15, -0.1) is 0 Å². The van der Waals surface area contributed by atoms with Crippen LogP contribution in [0.2, 0.25) is 0 Å². The summed E-state index contributed by atoms with van der Waals surface area (Å²) < 4.78 is 14.9. The highest BCUT2D eigenvalue weighted by molar-refractivity contribution is 6.01. The average molecular weight is 521 g/mol. The van der Waals surface area contributed by atoms with Crippen molar-refractivity contribution < 1.29 is 19.1 Å². The molecule has 0 saturated heterocycles. The summed E-state index contributed by atoms with van der Waals surface area (Å²) in [5, 5.41) is 19.3. The number of hydrazone groups is 1. The zero-order chi connectivity index (χ0) is 27.2. The number of aromatic nitrogens is 1. The van der Waals surface area contributed by atoms with E-state index in [0.29, 0.717) is 22.4 Å². The Labute approximate surface area is 224 Å². The van der Waals surface area contributed by atoms with Gasteiger partial charge in [-0.3, -0.25) is 9.59 Å². The van der Waals surface area contributed by atoms with E-state index in [4.69, 9.17) is 0 Å². The molecule has 0 unspecified atom stereocenters. The van der Waals surface area contributed by atoms with Crippen LogP contribution in [0.5, 0.6) is 0 Å². The molecule has 7 nitrogen and oxygen atoms in total. The number of anilines is 1. The van der Waals surface area contributed by atoms with Crippen molar-refractivity contribution >= 4 is 34.6 Å². The predicted octanol–water partition coefficient (Wildman–Crippen LogP) is 4.81. The van der Waals surface area contributed by atoms with E-state index in [9.17, 15) is 19.1 Å². The van der Waals surface area contributed by atoms with Gasteiger partial charge >= 0.3 is 0 Å². The minimum Gasteiger partial charge on any atom is -0.372 e. The summed E-state index contributed by atoms with van der Waals surface area (Å²) in [4.78, 5) is 26.0. The van der Waals surface area contributed by atoms with Crippen LogP contribution in [0, 0.1) is 5.82 Å². The first-order chi connectivity index (χ1) is 18.9. The molecule has 1 aromatic heterocycles. The number of halogens is 1. The Morgan fingerprint density at radius 2 is 1.44 bits per heavy atom. The summed E-state index contributed by atoms with van der Waals surface area (Å²) >= 11 is 0. The molecule has 4 aromatic carbocycles. The van der Waals surface area contributed by atoms with Gasteiger partial charge in [0, 0.05) is 28.4 Å². The van der Waals surface area contributed by atoms with Crippen LogP contribution in [0.1, 0.15) is 16.7 Å². The van der Waals surface area contributed by atoms with Crippen LogP contribution in [0.15, 0.2) is 120 Å². The normalized spacial score (nSPS) is 11.5. The van der Waals surface area contributed by atoms with Gasteiger partial charge in [0.05, 0.1) is 6.21 Å². The standard InChI is InChI=1S/C31H25FN4O3/c32-25-15-17-26(18-16-25)34-29(37)21-36-20-22(27-13-7-8-14-28(27)36)19-33-35-30(38)31(39,23-9-3-1-4-10-23)24-11-5-2-6-12-24/h1-20,39H,21H2,(H,34,37)(H,35,38)/b33-19+. The molecule has 0 radical (unpaired) electrons. The monoisotopic (exact) mass is 520 g/mol. The highest BCUT2D eigenvalue weighted by Crippen LogP contribution is 2.30. The number of carbonyl (C=O) groups is 2. The number of fused-ring (bicyclic) bond motifs is 1. The van der Waals surface area contributed by atoms with Crippen molar-refractivity contribution in [3.8, 4) is 0 Å². The summed E-state index contributed by atoms with van der Waals surface area (Å²) in [6.45, 7) is 0.0137. The van der Waals surface area contributed by atoms with E-state index in [1.165, 1.54) is 30.5 Å². The van der Waals surface area contributed by atoms with Gasteiger partial charge in [-0.2, -0.15) is 5.10 Å². The Bertz CT molecular complexity index is 1590. The number of benzene rings is 4. The minimum atomic E-state index is -1.95. The second kappa shape index (κ2) is 11.1. The molecule has 0 bridgehead atoms. The molecule has 0 aliphatic heterocycles. The van der Waals surface area contributed by atoms with Crippen LogP contribution in [0.4, 0.5) is 10.1 Å². The average Bonchev–Trinajstić information content (AvgIpc) is 3.31. The highest BCUT2D eigenvalue weighted by Gasteiger charge is 2.39. The number of rotatable bonds is 8. The van der Waals surface area contributed by atoms with Crippen molar-refractivity contribution in [2.24, 2.45) is 5.10 Å². The summed E-state index contributed by atoms with van der Waals surface area (Å²) in [5.41, 5.74) is 3.31. The number of hydrogen-bond acceptors (Lipinski definition) is 4. The number of amides is 2. The molecule has 3 N–H and O–H groups in total. The molecule has 1 heterocycles. The Balaban J connectivity index is 1.37. The lowest BCUT2D eigenvalue weighted by Gasteiger charge is -2.27. The third-order valence-electron chi connectivity index (χ3n) is 6.34. The first-order valence-electron chi connectivity index (χ1n) is 12.3. The van der Waals surface area contributed by atoms with E-state index in [2.05, 4.69) is 15.8 Å². The Kier molecular flexibility index (Phi) is 7.29. The zero-order valence-electron chi connectivity index (χ0n) is 20.8. The van der Waals surface area contributed by atoms with E-state index in [-0.39, 0.29) is 18.3 Å². The van der Waals surface area contributed by atoms with Crippen LogP contribution < -0.4 is 10.7 Å². The molecule has 5 aromatic rings. The number of carbonyl (C=O) groups excluding carboxylic acids is 2. The second-order valence-electron chi connectivity index (χ2n) is 8.93. The maximum absolute atomic E-state index is 13.3. The summed E-state index contributed by atoms with van der Waals surface area (Å²) in [7, 11) is 0. The smallest absolute Gasteiger partial charge is 0.281 e. The number of nitrogens with zero attached hydrogens (tertiary/aromatic N) is 2. The predicted molar refractivity (Wildman–Crippen MR) is 149 cm³/mol. The molecule has 0 aliphatic rings. The lowest BCUT2D eigenvalue weighted by atomic mass is 9.85. The topological polar surface area (TPSA) is 95.7 Å². The van der Waals surface area contributed by atoms with Gasteiger partial charge in [0.1, 0.15) is 12.4 Å². The molecular formula is C31H25FN4O3. The molecule has 194 valence electrons. The molecule has 0 aliphatic carbocycles. The van der Waals surface area contributed by atoms with Gasteiger partial charge in [0.2, 0.25) is 5.91 Å². The molecule has 8 heteroatoms. The fourth-order valence-electron chi connectivity index (χ4n) is 4.43. The van der Waals surface area contributed by atoms with Gasteiger partial charge in [-0.05, 0) is 41.5 Å². The number of aliphatic hydroxyl groups is 1. The van der Waals surface area contributed by atoms with Crippen LogP contribution in [-0.4, -0.2) is 27.7 Å². The second-order valence-corrected chi connectivity index (χ2v) is 8.93. The van der Waals surface area contributed by atoms with Crippen molar-refractivity contribution in [1.82, 2.24) is 9.99 Å². The fourth-order valence-corrected chi connectivity index (χ4v) is 4.43. The molecule has 0 spiro atoms. The molecule has 0 saturated carbocycles. The maximum atomic E-state index is 13.3. The first-order valence-corrected chi connectivity index (χ1v) is 12.3. The minimum absolute atomic E-state index is 0.0137. The van der Waals surface area contributed by atoms with E-state index >= 15 is 0 Å². The van der Waals surface area contributed by atoms with Crippen molar-refractivity contribution in [1.29, 1.82) is 0 Å². The largest absolute Gasteiger partial charge is 0.372 e. The maximum Gasteiger partial charge on any atom is 0.281 e. The van der Waals surface area contributed by atoms with E-state index in [1.54, 1.807) is 71.4 Å². The van der Waals surface area contributed by atoms with E-state index in [0.717, 1.165) is 10.9 Å². The quantitative estimate of drug-likeness (QED) is 0.203. The molecular weight excluding hydrogens is 495 g/mol. The summed E-state index contributed by atoms with van der Waals surface area (Å²) in [5.74, 6) is -1.38. The molecule has 0 atom stereocenters. The van der Waals surface area contributed by atoms with Gasteiger partial charge in [0.25, 0.3) is 5.91 Å². The molecule has 2 amide bonds. The Morgan fingerprint density at radius 1 is 0.846 bits per heavy atom. The van der Waals surface area contributed by atoms with Crippen molar-refractivity contribution in [3.05, 3.63) is 138 Å². The van der Waals surface area contributed by atoms with E-state index < -0.39 is 11.5 Å². The van der Waals surface area contributed by atoms with Crippen molar-refractivity contribution in [3.63, 3.8) is 0 Å². The summed E-state index contributed by atoms with van der Waals surface area (Å²) in [6, 6.07) is 30.4. The number of hydrogen-bond donors (Lipinski definition) is 3. The number of para-hydroxylation sites is 1. The third-order valence-corrected chi connectivity index (χ3v) is 6.34. The first kappa shape index (κ1) is 25.6. The van der Waals surface area contributed by atoms with E-state index in [1.807, 2.05) is 24.3 Å². The molecule has 39 heavy (non-hydrogen) atoms. The fraction of sp³-hybridized carbons (Fsp3) is 0.0645. The molecule has 5 rings (SSSR count).